The van der Waals surface area contributed by atoms with Crippen LogP contribution in [0.1, 0.15) is 10.4 Å². The quantitative estimate of drug-likeness (QED) is 0.781. The average molecular weight is 408 g/mol. The molecule has 6 nitrogen and oxygen atoms in total. The minimum atomic E-state index is -3.69. The van der Waals surface area contributed by atoms with Gasteiger partial charge in [0, 0.05) is 33.2 Å². The fourth-order valence-electron chi connectivity index (χ4n) is 2.94. The van der Waals surface area contributed by atoms with Crippen LogP contribution in [-0.4, -0.2) is 64.4 Å². The number of rotatable bonds is 4. The Hall–Kier alpha value is -2.09. The lowest BCUT2D eigenvalue weighted by molar-refractivity contribution is 0.0664. The molecule has 1 aliphatic rings. The van der Waals surface area contributed by atoms with E-state index in [9.17, 15) is 13.2 Å². The predicted octanol–water partition coefficient (Wildman–Crippen LogP) is 2.55. The lowest BCUT2D eigenvalue weighted by atomic mass is 10.1. The van der Waals surface area contributed by atoms with Crippen LogP contribution in [0.15, 0.2) is 53.4 Å². The summed E-state index contributed by atoms with van der Waals surface area (Å²) < 4.78 is 26.7. The van der Waals surface area contributed by atoms with Crippen LogP contribution in [0.25, 0.3) is 0 Å². The van der Waals surface area contributed by atoms with Gasteiger partial charge in [-0.1, -0.05) is 29.8 Å². The van der Waals surface area contributed by atoms with Gasteiger partial charge in [-0.2, -0.15) is 0 Å². The number of benzene rings is 2. The van der Waals surface area contributed by atoms with Crippen LogP contribution >= 0.6 is 11.6 Å². The van der Waals surface area contributed by atoms with Crippen molar-refractivity contribution in [3.63, 3.8) is 0 Å². The first-order valence-corrected chi connectivity index (χ1v) is 10.4. The van der Waals surface area contributed by atoms with E-state index in [1.807, 2.05) is 7.05 Å². The van der Waals surface area contributed by atoms with Crippen LogP contribution in [0, 0.1) is 0 Å². The number of sulfonamides is 1. The van der Waals surface area contributed by atoms with Gasteiger partial charge in [0.1, 0.15) is 0 Å². The van der Waals surface area contributed by atoms with E-state index < -0.39 is 10.0 Å². The molecule has 3 rings (SSSR count). The van der Waals surface area contributed by atoms with Gasteiger partial charge in [0.15, 0.2) is 0 Å². The fraction of sp³-hybridized carbons (Fsp3) is 0.316. The smallest absolute Gasteiger partial charge is 0.264 e. The van der Waals surface area contributed by atoms with Crippen LogP contribution in [0.4, 0.5) is 5.69 Å². The summed E-state index contributed by atoms with van der Waals surface area (Å²) >= 11 is 6.33. The molecule has 0 atom stereocenters. The lowest BCUT2D eigenvalue weighted by Gasteiger charge is -2.32. The Morgan fingerprint density at radius 1 is 1.04 bits per heavy atom. The second-order valence-electron chi connectivity index (χ2n) is 6.55. The van der Waals surface area contributed by atoms with Gasteiger partial charge in [-0.15, -0.1) is 0 Å². The zero-order valence-electron chi connectivity index (χ0n) is 15.3. The van der Waals surface area contributed by atoms with Gasteiger partial charge in [0.25, 0.3) is 15.9 Å². The number of hydrogen-bond donors (Lipinski definition) is 0. The summed E-state index contributed by atoms with van der Waals surface area (Å²) in [7, 11) is -0.206. The number of carbonyl (C=O) groups excluding carboxylic acids is 1. The summed E-state index contributed by atoms with van der Waals surface area (Å²) in [6.45, 7) is 2.93. The minimum Gasteiger partial charge on any atom is -0.336 e. The van der Waals surface area contributed by atoms with E-state index >= 15 is 0 Å². The van der Waals surface area contributed by atoms with Crippen molar-refractivity contribution >= 4 is 33.2 Å². The molecule has 1 amide bonds. The third kappa shape index (κ3) is 4.10. The Morgan fingerprint density at radius 3 is 2.26 bits per heavy atom. The number of halogens is 1. The highest BCUT2D eigenvalue weighted by Crippen LogP contribution is 2.28. The number of carbonyl (C=O) groups is 1. The van der Waals surface area contributed by atoms with E-state index in [2.05, 4.69) is 4.90 Å². The molecule has 0 bridgehead atoms. The molecule has 144 valence electrons. The Balaban J connectivity index is 1.83. The maximum atomic E-state index is 12.7. The molecule has 8 heteroatoms. The Bertz CT molecular complexity index is 926. The fourth-order valence-corrected chi connectivity index (χ4v) is 4.41. The molecule has 0 saturated carbocycles. The summed E-state index contributed by atoms with van der Waals surface area (Å²) in [6.07, 6.45) is 0. The normalized spacial score (nSPS) is 15.6. The first kappa shape index (κ1) is 19.7. The topological polar surface area (TPSA) is 60.9 Å². The number of likely N-dealkylation sites (N-methyl/N-ethyl adjacent to an activating group) is 1. The third-order valence-electron chi connectivity index (χ3n) is 4.74. The van der Waals surface area contributed by atoms with E-state index in [0.717, 1.165) is 13.1 Å². The standard InChI is InChI=1S/C19H22ClN3O3S/c1-21-10-12-23(13-11-21)19(24)17-9-8-15(14-18(17)20)22(2)27(25,26)16-6-4-3-5-7-16/h3-9,14H,10-13H2,1-2H3. The van der Waals surface area contributed by atoms with E-state index in [1.165, 1.54) is 17.4 Å². The molecule has 1 heterocycles. The highest BCUT2D eigenvalue weighted by atomic mass is 35.5. The second-order valence-corrected chi connectivity index (χ2v) is 8.92. The summed E-state index contributed by atoms with van der Waals surface area (Å²) in [6, 6.07) is 12.9. The minimum absolute atomic E-state index is 0.131. The van der Waals surface area contributed by atoms with E-state index in [0.29, 0.717) is 24.3 Å². The average Bonchev–Trinajstić information content (AvgIpc) is 2.68. The summed E-state index contributed by atoms with van der Waals surface area (Å²) in [5.74, 6) is -0.131. The molecule has 0 N–H and O–H groups in total. The van der Waals surface area contributed by atoms with Crippen LogP contribution in [0.3, 0.4) is 0 Å². The number of piperazine rings is 1. The molecule has 0 aliphatic carbocycles. The van der Waals surface area contributed by atoms with Crippen LogP contribution < -0.4 is 4.31 Å². The monoisotopic (exact) mass is 407 g/mol. The highest BCUT2D eigenvalue weighted by Gasteiger charge is 2.25. The largest absolute Gasteiger partial charge is 0.336 e. The zero-order chi connectivity index (χ0) is 19.6. The summed E-state index contributed by atoms with van der Waals surface area (Å²) in [5.41, 5.74) is 0.786. The first-order chi connectivity index (χ1) is 12.8. The Morgan fingerprint density at radius 2 is 1.67 bits per heavy atom. The molecule has 2 aromatic rings. The van der Waals surface area contributed by atoms with Crippen molar-refractivity contribution in [2.24, 2.45) is 0 Å². The van der Waals surface area contributed by atoms with Crippen LogP contribution in [-0.2, 0) is 10.0 Å². The summed E-state index contributed by atoms with van der Waals surface area (Å²) in [4.78, 5) is 16.8. The van der Waals surface area contributed by atoms with Crippen molar-refractivity contribution in [2.45, 2.75) is 4.90 Å². The zero-order valence-corrected chi connectivity index (χ0v) is 16.9. The molecule has 0 spiro atoms. The molecule has 0 radical (unpaired) electrons. The molecule has 2 aromatic carbocycles. The maximum absolute atomic E-state index is 12.7. The number of hydrogen-bond acceptors (Lipinski definition) is 4. The van der Waals surface area contributed by atoms with Crippen LogP contribution in [0.2, 0.25) is 5.02 Å². The van der Waals surface area contributed by atoms with Crippen molar-refractivity contribution in [1.29, 1.82) is 0 Å². The van der Waals surface area contributed by atoms with Gasteiger partial charge in [-0.25, -0.2) is 8.42 Å². The van der Waals surface area contributed by atoms with E-state index in [1.54, 1.807) is 47.4 Å². The van der Waals surface area contributed by atoms with Gasteiger partial charge in [-0.05, 0) is 37.4 Å². The second kappa shape index (κ2) is 7.88. The van der Waals surface area contributed by atoms with E-state index in [-0.39, 0.29) is 15.8 Å². The van der Waals surface area contributed by atoms with Crippen LogP contribution in [0.5, 0.6) is 0 Å². The van der Waals surface area contributed by atoms with Gasteiger partial charge in [-0.3, -0.25) is 9.10 Å². The first-order valence-electron chi connectivity index (χ1n) is 8.62. The van der Waals surface area contributed by atoms with Crippen molar-refractivity contribution in [3.8, 4) is 0 Å². The van der Waals surface area contributed by atoms with Crippen molar-refractivity contribution in [2.75, 3.05) is 44.6 Å². The molecule has 27 heavy (non-hydrogen) atoms. The number of amides is 1. The SMILES string of the molecule is CN1CCN(C(=O)c2ccc(N(C)S(=O)(=O)c3ccccc3)cc2Cl)CC1. The number of nitrogens with zero attached hydrogens (tertiary/aromatic N) is 3. The van der Waals surface area contributed by atoms with Gasteiger partial charge < -0.3 is 9.80 Å². The Labute approximate surface area is 165 Å². The third-order valence-corrected chi connectivity index (χ3v) is 6.85. The molecular weight excluding hydrogens is 386 g/mol. The van der Waals surface area contributed by atoms with Crippen molar-refractivity contribution < 1.29 is 13.2 Å². The highest BCUT2D eigenvalue weighted by molar-refractivity contribution is 7.92. The Kier molecular flexibility index (Phi) is 5.74. The molecular formula is C19H22ClN3O3S. The van der Waals surface area contributed by atoms with Gasteiger partial charge in [0.2, 0.25) is 0 Å². The van der Waals surface area contributed by atoms with Gasteiger partial charge >= 0.3 is 0 Å². The maximum Gasteiger partial charge on any atom is 0.264 e. The van der Waals surface area contributed by atoms with Crippen molar-refractivity contribution in [3.05, 3.63) is 59.1 Å². The van der Waals surface area contributed by atoms with Gasteiger partial charge in [0.05, 0.1) is 21.2 Å². The molecule has 0 unspecified atom stereocenters. The predicted molar refractivity (Wildman–Crippen MR) is 107 cm³/mol. The number of anilines is 1. The summed E-state index contributed by atoms with van der Waals surface area (Å²) in [5, 5.41) is 0.242. The lowest BCUT2D eigenvalue weighted by Crippen LogP contribution is -2.47. The van der Waals surface area contributed by atoms with E-state index in [4.69, 9.17) is 11.6 Å². The molecule has 1 fully saturated rings. The van der Waals surface area contributed by atoms with Crippen molar-refractivity contribution in [1.82, 2.24) is 9.80 Å². The molecule has 0 aromatic heterocycles. The molecule has 1 saturated heterocycles. The molecule has 1 aliphatic heterocycles.